The van der Waals surface area contributed by atoms with Crippen LogP contribution in [-0.2, 0) is 4.74 Å². The minimum Gasteiger partial charge on any atom is -0.378 e. The Morgan fingerprint density at radius 3 is 2.38 bits per heavy atom. The molecule has 2 atom stereocenters. The van der Waals surface area contributed by atoms with Crippen LogP contribution in [0.4, 0.5) is 0 Å². The van der Waals surface area contributed by atoms with Gasteiger partial charge in [-0.1, -0.05) is 25.7 Å². The van der Waals surface area contributed by atoms with E-state index < -0.39 is 0 Å². The minimum atomic E-state index is 0.462. The predicted molar refractivity (Wildman–Crippen MR) is 65.9 cm³/mol. The summed E-state index contributed by atoms with van der Waals surface area (Å²) in [5, 5.41) is 0. The second-order valence-corrected chi connectivity index (χ2v) is 5.40. The van der Waals surface area contributed by atoms with E-state index in [9.17, 15) is 0 Å². The van der Waals surface area contributed by atoms with E-state index in [0.29, 0.717) is 12.1 Å². The highest BCUT2D eigenvalue weighted by Gasteiger charge is 2.26. The molecule has 1 saturated heterocycles. The fourth-order valence-electron chi connectivity index (χ4n) is 3.22. The first kappa shape index (κ1) is 12.3. The zero-order valence-corrected chi connectivity index (χ0v) is 10.3. The highest BCUT2D eigenvalue weighted by molar-refractivity contribution is 4.81. The molecule has 1 aliphatic heterocycles. The number of ether oxygens (including phenoxy) is 1. The topological polar surface area (TPSA) is 47.3 Å². The molecule has 0 radical (unpaired) electrons. The Labute approximate surface area is 99.1 Å². The van der Waals surface area contributed by atoms with Gasteiger partial charge in [0.05, 0.1) is 6.10 Å². The summed E-state index contributed by atoms with van der Waals surface area (Å²) in [6.45, 7) is 0.951. The molecule has 2 aliphatic rings. The van der Waals surface area contributed by atoms with E-state index in [4.69, 9.17) is 10.6 Å². The molecular formula is C13H26N2O. The SMILES string of the molecule is NNC(CC1CCCO1)C1CCCCCC1. The standard InChI is InChI=1S/C13H26N2O/c14-15-13(10-12-8-5-9-16-12)11-6-3-1-2-4-7-11/h11-13,15H,1-10,14H2. The number of hydrazine groups is 1. The van der Waals surface area contributed by atoms with Crippen molar-refractivity contribution in [1.82, 2.24) is 5.43 Å². The number of hydrogen-bond donors (Lipinski definition) is 2. The molecule has 94 valence electrons. The first-order valence-electron chi connectivity index (χ1n) is 6.98. The molecule has 16 heavy (non-hydrogen) atoms. The Kier molecular flexibility index (Phi) is 5.07. The Morgan fingerprint density at radius 1 is 1.06 bits per heavy atom. The van der Waals surface area contributed by atoms with Crippen LogP contribution in [0, 0.1) is 5.92 Å². The van der Waals surface area contributed by atoms with Gasteiger partial charge in [-0.2, -0.15) is 0 Å². The zero-order chi connectivity index (χ0) is 11.2. The third kappa shape index (κ3) is 3.44. The van der Waals surface area contributed by atoms with Gasteiger partial charge in [-0.25, -0.2) is 0 Å². The average molecular weight is 226 g/mol. The van der Waals surface area contributed by atoms with Crippen LogP contribution in [0.3, 0.4) is 0 Å². The lowest BCUT2D eigenvalue weighted by Crippen LogP contribution is -2.43. The molecule has 3 heteroatoms. The highest BCUT2D eigenvalue weighted by Crippen LogP contribution is 2.29. The number of hydrogen-bond acceptors (Lipinski definition) is 3. The molecule has 1 aliphatic carbocycles. The predicted octanol–water partition coefficient (Wildman–Crippen LogP) is 2.36. The molecule has 2 rings (SSSR count). The number of nitrogens with two attached hydrogens (primary N) is 1. The van der Waals surface area contributed by atoms with Crippen molar-refractivity contribution in [3.8, 4) is 0 Å². The molecule has 2 fully saturated rings. The normalized spacial score (nSPS) is 30.2. The highest BCUT2D eigenvalue weighted by atomic mass is 16.5. The van der Waals surface area contributed by atoms with E-state index in [1.165, 1.54) is 51.4 Å². The third-order valence-corrected chi connectivity index (χ3v) is 4.22. The summed E-state index contributed by atoms with van der Waals surface area (Å²) < 4.78 is 5.71. The molecule has 0 aromatic heterocycles. The van der Waals surface area contributed by atoms with Gasteiger partial charge in [0.25, 0.3) is 0 Å². The molecule has 3 nitrogen and oxygen atoms in total. The molecule has 3 N–H and O–H groups in total. The summed E-state index contributed by atoms with van der Waals surface area (Å²) >= 11 is 0. The van der Waals surface area contributed by atoms with E-state index in [0.717, 1.165) is 18.9 Å². The summed E-state index contributed by atoms with van der Waals surface area (Å²) in [5.41, 5.74) is 3.05. The van der Waals surface area contributed by atoms with Crippen LogP contribution in [0.1, 0.15) is 57.8 Å². The average Bonchev–Trinajstić information content (AvgIpc) is 2.67. The van der Waals surface area contributed by atoms with E-state index in [1.807, 2.05) is 0 Å². The van der Waals surface area contributed by atoms with Gasteiger partial charge >= 0.3 is 0 Å². The van der Waals surface area contributed by atoms with Crippen LogP contribution in [-0.4, -0.2) is 18.8 Å². The second kappa shape index (κ2) is 6.58. The lowest BCUT2D eigenvalue weighted by Gasteiger charge is -2.27. The molecule has 0 amide bonds. The molecule has 0 aromatic carbocycles. The van der Waals surface area contributed by atoms with Crippen molar-refractivity contribution in [3.05, 3.63) is 0 Å². The molecule has 0 bridgehead atoms. The quantitative estimate of drug-likeness (QED) is 0.439. The molecule has 0 aromatic rings. The number of rotatable bonds is 4. The van der Waals surface area contributed by atoms with Gasteiger partial charge in [-0.05, 0) is 38.0 Å². The van der Waals surface area contributed by atoms with Gasteiger partial charge in [0.15, 0.2) is 0 Å². The first-order chi connectivity index (χ1) is 7.90. The zero-order valence-electron chi connectivity index (χ0n) is 10.3. The van der Waals surface area contributed by atoms with Crippen molar-refractivity contribution >= 4 is 0 Å². The van der Waals surface area contributed by atoms with Gasteiger partial charge in [0, 0.05) is 12.6 Å². The summed E-state index contributed by atoms with van der Waals surface area (Å²) in [5.74, 6) is 6.50. The van der Waals surface area contributed by atoms with E-state index in [2.05, 4.69) is 5.43 Å². The van der Waals surface area contributed by atoms with Crippen LogP contribution >= 0.6 is 0 Å². The lowest BCUT2D eigenvalue weighted by atomic mass is 9.88. The van der Waals surface area contributed by atoms with Crippen molar-refractivity contribution in [2.75, 3.05) is 6.61 Å². The Morgan fingerprint density at radius 2 is 1.81 bits per heavy atom. The van der Waals surface area contributed by atoms with Gasteiger partial charge in [0.2, 0.25) is 0 Å². The Bertz CT molecular complexity index is 184. The van der Waals surface area contributed by atoms with Crippen molar-refractivity contribution in [2.45, 2.75) is 69.9 Å². The molecule has 1 heterocycles. The van der Waals surface area contributed by atoms with Gasteiger partial charge in [-0.15, -0.1) is 0 Å². The first-order valence-corrected chi connectivity index (χ1v) is 6.98. The molecule has 0 spiro atoms. The monoisotopic (exact) mass is 226 g/mol. The summed E-state index contributed by atoms with van der Waals surface area (Å²) in [4.78, 5) is 0. The van der Waals surface area contributed by atoms with Crippen molar-refractivity contribution in [3.63, 3.8) is 0 Å². The van der Waals surface area contributed by atoms with E-state index >= 15 is 0 Å². The molecule has 2 unspecified atom stereocenters. The van der Waals surface area contributed by atoms with Gasteiger partial charge < -0.3 is 4.74 Å². The fraction of sp³-hybridized carbons (Fsp3) is 1.00. The van der Waals surface area contributed by atoms with Crippen LogP contribution in [0.25, 0.3) is 0 Å². The third-order valence-electron chi connectivity index (χ3n) is 4.22. The van der Waals surface area contributed by atoms with E-state index in [-0.39, 0.29) is 0 Å². The lowest BCUT2D eigenvalue weighted by molar-refractivity contribution is 0.0852. The summed E-state index contributed by atoms with van der Waals surface area (Å²) in [6.07, 6.45) is 12.3. The van der Waals surface area contributed by atoms with Crippen LogP contribution in [0.2, 0.25) is 0 Å². The number of nitrogens with one attached hydrogen (secondary N) is 1. The second-order valence-electron chi connectivity index (χ2n) is 5.40. The van der Waals surface area contributed by atoms with Crippen molar-refractivity contribution in [1.29, 1.82) is 0 Å². The smallest absolute Gasteiger partial charge is 0.0591 e. The Hall–Kier alpha value is -0.120. The fourth-order valence-corrected chi connectivity index (χ4v) is 3.22. The van der Waals surface area contributed by atoms with Crippen LogP contribution in [0.5, 0.6) is 0 Å². The Balaban J connectivity index is 1.81. The van der Waals surface area contributed by atoms with E-state index in [1.54, 1.807) is 0 Å². The van der Waals surface area contributed by atoms with Crippen molar-refractivity contribution < 1.29 is 4.74 Å². The minimum absolute atomic E-state index is 0.462. The van der Waals surface area contributed by atoms with Crippen LogP contribution in [0.15, 0.2) is 0 Å². The maximum absolute atomic E-state index is 5.73. The van der Waals surface area contributed by atoms with Gasteiger partial charge in [0.1, 0.15) is 0 Å². The molecule has 1 saturated carbocycles. The summed E-state index contributed by atoms with van der Waals surface area (Å²) in [6, 6.07) is 0.473. The summed E-state index contributed by atoms with van der Waals surface area (Å²) in [7, 11) is 0. The van der Waals surface area contributed by atoms with Crippen LogP contribution < -0.4 is 11.3 Å². The maximum Gasteiger partial charge on any atom is 0.0591 e. The molecular weight excluding hydrogens is 200 g/mol. The van der Waals surface area contributed by atoms with Crippen molar-refractivity contribution in [2.24, 2.45) is 11.8 Å². The largest absolute Gasteiger partial charge is 0.378 e. The maximum atomic E-state index is 5.73. The van der Waals surface area contributed by atoms with Gasteiger partial charge in [-0.3, -0.25) is 11.3 Å².